The maximum Gasteiger partial charge on any atom is 0.224 e. The third-order valence-electron chi connectivity index (χ3n) is 3.22. The monoisotopic (exact) mass is 263 g/mol. The standard InChI is InChI=1S/C14H21N3O2/c1-17-7-8-19-13(11-17)4-6-16-14(18)9-12-3-2-5-15-10-12/h2-3,5,10,13H,4,6-9,11H2,1H3,(H,16,18)/t13-/m0/s1. The molecular formula is C14H21N3O2. The number of hydrogen-bond acceptors (Lipinski definition) is 4. The zero-order valence-electron chi connectivity index (χ0n) is 11.3. The largest absolute Gasteiger partial charge is 0.375 e. The number of nitrogens with zero attached hydrogens (tertiary/aromatic N) is 2. The van der Waals surface area contributed by atoms with Gasteiger partial charge in [-0.2, -0.15) is 0 Å². The van der Waals surface area contributed by atoms with Gasteiger partial charge in [0.2, 0.25) is 5.91 Å². The maximum absolute atomic E-state index is 11.7. The fraction of sp³-hybridized carbons (Fsp3) is 0.571. The van der Waals surface area contributed by atoms with E-state index in [1.807, 2.05) is 12.1 Å². The summed E-state index contributed by atoms with van der Waals surface area (Å²) < 4.78 is 5.65. The molecule has 0 spiro atoms. The Labute approximate surface area is 114 Å². The fourth-order valence-corrected chi connectivity index (χ4v) is 2.16. The molecular weight excluding hydrogens is 242 g/mol. The van der Waals surface area contributed by atoms with Gasteiger partial charge in [-0.05, 0) is 25.1 Å². The number of morpholine rings is 1. The Morgan fingerprint density at radius 2 is 2.53 bits per heavy atom. The van der Waals surface area contributed by atoms with Gasteiger partial charge in [0, 0.05) is 32.0 Å². The molecule has 1 N–H and O–H groups in total. The number of carbonyl (C=O) groups excluding carboxylic acids is 1. The number of pyridine rings is 1. The number of hydrogen-bond donors (Lipinski definition) is 1. The topological polar surface area (TPSA) is 54.5 Å². The predicted molar refractivity (Wildman–Crippen MR) is 72.8 cm³/mol. The molecule has 1 aromatic rings. The molecule has 104 valence electrons. The van der Waals surface area contributed by atoms with Crippen molar-refractivity contribution in [3.05, 3.63) is 30.1 Å². The lowest BCUT2D eigenvalue weighted by Crippen LogP contribution is -2.41. The molecule has 2 heterocycles. The molecule has 19 heavy (non-hydrogen) atoms. The van der Waals surface area contributed by atoms with Gasteiger partial charge in [0.25, 0.3) is 0 Å². The summed E-state index contributed by atoms with van der Waals surface area (Å²) in [5.74, 6) is 0.0390. The lowest BCUT2D eigenvalue weighted by Gasteiger charge is -2.30. The van der Waals surface area contributed by atoms with Crippen molar-refractivity contribution >= 4 is 5.91 Å². The normalized spacial score (nSPS) is 20.2. The van der Waals surface area contributed by atoms with Crippen LogP contribution in [0.25, 0.3) is 0 Å². The molecule has 0 bridgehead atoms. The summed E-state index contributed by atoms with van der Waals surface area (Å²) in [4.78, 5) is 18.0. The second-order valence-corrected chi connectivity index (χ2v) is 4.93. The van der Waals surface area contributed by atoms with E-state index < -0.39 is 0 Å². The van der Waals surface area contributed by atoms with Crippen LogP contribution < -0.4 is 5.32 Å². The highest BCUT2D eigenvalue weighted by Crippen LogP contribution is 2.06. The first kappa shape index (κ1) is 14.0. The Kier molecular flexibility index (Phi) is 5.30. The Morgan fingerprint density at radius 1 is 1.63 bits per heavy atom. The molecule has 1 fully saturated rings. The minimum absolute atomic E-state index is 0.0390. The minimum atomic E-state index is 0.0390. The van der Waals surface area contributed by atoms with Crippen LogP contribution in [0, 0.1) is 0 Å². The van der Waals surface area contributed by atoms with Crippen molar-refractivity contribution < 1.29 is 9.53 Å². The van der Waals surface area contributed by atoms with Gasteiger partial charge in [-0.3, -0.25) is 9.78 Å². The minimum Gasteiger partial charge on any atom is -0.375 e. The van der Waals surface area contributed by atoms with Gasteiger partial charge in [0.1, 0.15) is 0 Å². The molecule has 0 aliphatic carbocycles. The predicted octanol–water partition coefficient (Wildman–Crippen LogP) is 0.461. The van der Waals surface area contributed by atoms with Crippen molar-refractivity contribution in [2.45, 2.75) is 18.9 Å². The van der Waals surface area contributed by atoms with Crippen molar-refractivity contribution in [2.75, 3.05) is 33.3 Å². The number of carbonyl (C=O) groups is 1. The molecule has 0 saturated carbocycles. The third-order valence-corrected chi connectivity index (χ3v) is 3.22. The van der Waals surface area contributed by atoms with E-state index in [2.05, 4.69) is 22.2 Å². The molecule has 1 aromatic heterocycles. The second kappa shape index (κ2) is 7.21. The summed E-state index contributed by atoms with van der Waals surface area (Å²) in [7, 11) is 2.09. The Morgan fingerprint density at radius 3 is 3.26 bits per heavy atom. The number of likely N-dealkylation sites (N-methyl/N-ethyl adjacent to an activating group) is 1. The van der Waals surface area contributed by atoms with Crippen LogP contribution in [0.1, 0.15) is 12.0 Å². The first-order valence-electron chi connectivity index (χ1n) is 6.70. The van der Waals surface area contributed by atoms with Crippen LogP contribution in [0.4, 0.5) is 0 Å². The SMILES string of the molecule is CN1CCO[C@@H](CCNC(=O)Cc2cccnc2)C1. The molecule has 5 heteroatoms. The van der Waals surface area contributed by atoms with Gasteiger partial charge < -0.3 is 15.0 Å². The van der Waals surface area contributed by atoms with E-state index in [0.29, 0.717) is 13.0 Å². The van der Waals surface area contributed by atoms with Crippen LogP contribution in [-0.4, -0.2) is 55.2 Å². The van der Waals surface area contributed by atoms with Crippen molar-refractivity contribution in [1.29, 1.82) is 0 Å². The van der Waals surface area contributed by atoms with Crippen molar-refractivity contribution in [2.24, 2.45) is 0 Å². The second-order valence-electron chi connectivity index (χ2n) is 4.93. The highest BCUT2D eigenvalue weighted by molar-refractivity contribution is 5.78. The van der Waals surface area contributed by atoms with Crippen LogP contribution in [-0.2, 0) is 16.0 Å². The summed E-state index contributed by atoms with van der Waals surface area (Å²) in [5, 5.41) is 2.93. The summed E-state index contributed by atoms with van der Waals surface area (Å²) in [5.41, 5.74) is 0.939. The Bertz CT molecular complexity index is 397. The van der Waals surface area contributed by atoms with E-state index in [9.17, 15) is 4.79 Å². The Balaban J connectivity index is 1.64. The number of ether oxygens (including phenoxy) is 1. The molecule has 1 amide bonds. The molecule has 0 unspecified atom stereocenters. The molecule has 1 saturated heterocycles. The van der Waals surface area contributed by atoms with E-state index in [-0.39, 0.29) is 12.0 Å². The van der Waals surface area contributed by atoms with Gasteiger partial charge in [-0.15, -0.1) is 0 Å². The van der Waals surface area contributed by atoms with E-state index in [4.69, 9.17) is 4.74 Å². The van der Waals surface area contributed by atoms with Gasteiger partial charge in [0.05, 0.1) is 19.1 Å². The maximum atomic E-state index is 11.7. The zero-order chi connectivity index (χ0) is 13.5. The van der Waals surface area contributed by atoms with Gasteiger partial charge in [-0.25, -0.2) is 0 Å². The average molecular weight is 263 g/mol. The van der Waals surface area contributed by atoms with Gasteiger partial charge in [-0.1, -0.05) is 6.07 Å². The Hall–Kier alpha value is -1.46. The van der Waals surface area contributed by atoms with Crippen LogP contribution in [0.5, 0.6) is 0 Å². The highest BCUT2D eigenvalue weighted by atomic mass is 16.5. The quantitative estimate of drug-likeness (QED) is 0.838. The van der Waals surface area contributed by atoms with Crippen LogP contribution in [0.15, 0.2) is 24.5 Å². The molecule has 1 aliphatic rings. The van der Waals surface area contributed by atoms with E-state index in [1.165, 1.54) is 0 Å². The van der Waals surface area contributed by atoms with Crippen molar-refractivity contribution in [3.63, 3.8) is 0 Å². The van der Waals surface area contributed by atoms with E-state index >= 15 is 0 Å². The number of nitrogens with one attached hydrogen (secondary N) is 1. The average Bonchev–Trinajstić information content (AvgIpc) is 2.40. The van der Waals surface area contributed by atoms with Crippen LogP contribution >= 0.6 is 0 Å². The van der Waals surface area contributed by atoms with E-state index in [0.717, 1.165) is 31.7 Å². The fourth-order valence-electron chi connectivity index (χ4n) is 2.16. The summed E-state index contributed by atoms with van der Waals surface area (Å²) in [6, 6.07) is 3.75. The third kappa shape index (κ3) is 4.96. The lowest BCUT2D eigenvalue weighted by atomic mass is 10.2. The summed E-state index contributed by atoms with van der Waals surface area (Å²) in [6.45, 7) is 3.38. The van der Waals surface area contributed by atoms with Gasteiger partial charge in [0.15, 0.2) is 0 Å². The van der Waals surface area contributed by atoms with Gasteiger partial charge >= 0.3 is 0 Å². The number of aromatic nitrogens is 1. The molecule has 1 atom stereocenters. The van der Waals surface area contributed by atoms with Crippen molar-refractivity contribution in [1.82, 2.24) is 15.2 Å². The van der Waals surface area contributed by atoms with Crippen LogP contribution in [0.3, 0.4) is 0 Å². The summed E-state index contributed by atoms with van der Waals surface area (Å²) >= 11 is 0. The number of rotatable bonds is 5. The smallest absolute Gasteiger partial charge is 0.224 e. The van der Waals surface area contributed by atoms with Crippen molar-refractivity contribution in [3.8, 4) is 0 Å². The zero-order valence-corrected chi connectivity index (χ0v) is 11.3. The summed E-state index contributed by atoms with van der Waals surface area (Å²) in [6.07, 6.45) is 4.91. The lowest BCUT2D eigenvalue weighted by molar-refractivity contribution is -0.120. The molecule has 2 rings (SSSR count). The molecule has 5 nitrogen and oxygen atoms in total. The first-order valence-corrected chi connectivity index (χ1v) is 6.70. The van der Waals surface area contributed by atoms with Crippen LogP contribution in [0.2, 0.25) is 0 Å². The molecule has 1 aliphatic heterocycles. The number of amides is 1. The highest BCUT2D eigenvalue weighted by Gasteiger charge is 2.17. The molecule has 0 radical (unpaired) electrons. The first-order chi connectivity index (χ1) is 9.24. The van der Waals surface area contributed by atoms with E-state index in [1.54, 1.807) is 12.4 Å². The molecule has 0 aromatic carbocycles.